The van der Waals surface area contributed by atoms with E-state index in [1.807, 2.05) is 0 Å². The van der Waals surface area contributed by atoms with Crippen molar-refractivity contribution in [2.24, 2.45) is 0 Å². The average molecular weight is 546 g/mol. The van der Waals surface area contributed by atoms with E-state index in [-0.39, 0.29) is 17.6 Å². The Labute approximate surface area is 230 Å². The van der Waals surface area contributed by atoms with Crippen LogP contribution in [0.1, 0.15) is 111 Å². The minimum Gasteiger partial charge on any atom is -0.499 e. The average Bonchev–Trinajstić information content (AvgIpc) is 3.37. The molecule has 39 heavy (non-hydrogen) atoms. The van der Waals surface area contributed by atoms with Gasteiger partial charge in [-0.25, -0.2) is 4.79 Å². The van der Waals surface area contributed by atoms with Crippen LogP contribution in [0.25, 0.3) is 0 Å². The maximum atomic E-state index is 12.4. The molecule has 9 nitrogen and oxygen atoms in total. The topological polar surface area (TPSA) is 134 Å². The number of nitrogens with zero attached hydrogens (tertiary/aromatic N) is 1. The highest BCUT2D eigenvalue weighted by Crippen LogP contribution is 2.25. The summed E-state index contributed by atoms with van der Waals surface area (Å²) in [7, 11) is 0. The van der Waals surface area contributed by atoms with Gasteiger partial charge in [-0.15, -0.1) is 0 Å². The molecule has 0 unspecified atom stereocenters. The summed E-state index contributed by atoms with van der Waals surface area (Å²) >= 11 is 0. The zero-order valence-electron chi connectivity index (χ0n) is 22.8. The Hall–Kier alpha value is -2.91. The molecule has 0 bridgehead atoms. The fourth-order valence-electron chi connectivity index (χ4n) is 5.08. The first-order valence-corrected chi connectivity index (χ1v) is 14.5. The van der Waals surface area contributed by atoms with Crippen molar-refractivity contribution in [3.05, 3.63) is 46.9 Å². The Morgan fingerprint density at radius 3 is 1.72 bits per heavy atom. The molecule has 1 aromatic rings. The number of unbranched alkanes of at least 4 members (excludes halogenated alkanes) is 13. The van der Waals surface area contributed by atoms with E-state index in [4.69, 9.17) is 14.6 Å². The number of aliphatic hydroxyl groups excluding tert-OH is 3. The highest BCUT2D eigenvalue weighted by atomic mass is 16.6. The van der Waals surface area contributed by atoms with E-state index in [1.165, 1.54) is 49.8 Å². The van der Waals surface area contributed by atoms with E-state index >= 15 is 0 Å². The first kappa shape index (κ1) is 30.6. The molecule has 0 fully saturated rings. The van der Waals surface area contributed by atoms with Gasteiger partial charge < -0.3 is 24.8 Å². The largest absolute Gasteiger partial charge is 0.499 e. The molecule has 0 spiro atoms. The Kier molecular flexibility index (Phi) is 12.8. The predicted molar refractivity (Wildman–Crippen MR) is 145 cm³/mol. The lowest BCUT2D eigenvalue weighted by Crippen LogP contribution is -2.32. The molecular formula is C30H43NO8. The van der Waals surface area contributed by atoms with Gasteiger partial charge in [0.05, 0.1) is 24.3 Å². The lowest BCUT2D eigenvalue weighted by molar-refractivity contribution is -0.148. The van der Waals surface area contributed by atoms with E-state index in [0.717, 1.165) is 44.9 Å². The number of hydrogen-bond donors (Lipinski definition) is 3. The molecule has 9 heteroatoms. The summed E-state index contributed by atoms with van der Waals surface area (Å²) in [5, 5.41) is 28.5. The van der Waals surface area contributed by atoms with Gasteiger partial charge in [0.25, 0.3) is 11.8 Å². The van der Waals surface area contributed by atoms with Crippen LogP contribution < -0.4 is 0 Å². The lowest BCUT2D eigenvalue weighted by atomic mass is 10.0. The maximum Gasteiger partial charge on any atom is 0.378 e. The van der Waals surface area contributed by atoms with Gasteiger partial charge in [0.1, 0.15) is 6.10 Å². The Balaban J connectivity index is 1.08. The van der Waals surface area contributed by atoms with E-state index in [1.54, 1.807) is 24.3 Å². The van der Waals surface area contributed by atoms with Crippen LogP contribution in [0.15, 0.2) is 35.8 Å². The van der Waals surface area contributed by atoms with E-state index in [0.29, 0.717) is 24.3 Å². The van der Waals surface area contributed by atoms with Crippen LogP contribution in [0, 0.1) is 0 Å². The molecule has 2 atom stereocenters. The SMILES string of the molecule is O=C1O[C@H]([C@@H](O)CO)C(OCCCCCCCCCCCCCCCCN2C(=O)c3ccccc3C2=O)=C1O. The van der Waals surface area contributed by atoms with Crippen molar-refractivity contribution in [2.45, 2.75) is 102 Å². The van der Waals surface area contributed by atoms with Crippen molar-refractivity contribution in [2.75, 3.05) is 19.8 Å². The maximum absolute atomic E-state index is 12.4. The van der Waals surface area contributed by atoms with Crippen LogP contribution in [0.4, 0.5) is 0 Å². The summed E-state index contributed by atoms with van der Waals surface area (Å²) in [6.07, 6.45) is 13.2. The van der Waals surface area contributed by atoms with Crippen molar-refractivity contribution in [3.63, 3.8) is 0 Å². The molecule has 2 aliphatic heterocycles. The van der Waals surface area contributed by atoms with E-state index < -0.39 is 30.5 Å². The van der Waals surface area contributed by atoms with Gasteiger partial charge in [0.2, 0.25) is 5.76 Å². The van der Waals surface area contributed by atoms with Crippen molar-refractivity contribution < 1.29 is 39.2 Å². The molecule has 0 saturated carbocycles. The number of aliphatic hydroxyl groups is 3. The zero-order valence-corrected chi connectivity index (χ0v) is 22.8. The molecule has 2 aliphatic rings. The number of carbonyl (C=O) groups excluding carboxylic acids is 3. The van der Waals surface area contributed by atoms with Crippen LogP contribution in [-0.4, -0.2) is 70.0 Å². The van der Waals surface area contributed by atoms with Gasteiger partial charge in [0, 0.05) is 6.54 Å². The number of ether oxygens (including phenoxy) is 2. The molecule has 3 N–H and O–H groups in total. The number of fused-ring (bicyclic) bond motifs is 1. The molecule has 2 heterocycles. The Bertz CT molecular complexity index is 956. The quantitative estimate of drug-likeness (QED) is 0.121. The van der Waals surface area contributed by atoms with Gasteiger partial charge in [-0.3, -0.25) is 14.5 Å². The smallest absolute Gasteiger partial charge is 0.378 e. The van der Waals surface area contributed by atoms with Crippen LogP contribution in [-0.2, 0) is 14.3 Å². The van der Waals surface area contributed by atoms with Crippen LogP contribution >= 0.6 is 0 Å². The molecule has 2 amide bonds. The second-order valence-corrected chi connectivity index (χ2v) is 10.4. The molecule has 216 valence electrons. The number of benzene rings is 1. The normalized spacial score (nSPS) is 17.6. The molecule has 0 aliphatic carbocycles. The van der Waals surface area contributed by atoms with Crippen molar-refractivity contribution >= 4 is 17.8 Å². The third-order valence-corrected chi connectivity index (χ3v) is 7.37. The zero-order chi connectivity index (χ0) is 28.0. The molecule has 1 aromatic carbocycles. The number of cyclic esters (lactones) is 1. The van der Waals surface area contributed by atoms with Crippen molar-refractivity contribution in [1.29, 1.82) is 0 Å². The molecule has 0 aromatic heterocycles. The van der Waals surface area contributed by atoms with Gasteiger partial charge >= 0.3 is 5.97 Å². The standard InChI is InChI=1S/C30H43NO8/c32-21-24(33)26-27(25(34)30(37)39-26)38-20-16-12-10-8-6-4-2-1-3-5-7-9-11-15-19-31-28(35)22-17-13-14-18-23(22)29(31)36/h13-14,17-18,24,26,32-34H,1-12,15-16,19-21H2/t24-,26+/m0/s1. The third kappa shape index (κ3) is 8.80. The summed E-state index contributed by atoms with van der Waals surface area (Å²) < 4.78 is 10.3. The molecule has 3 rings (SSSR count). The summed E-state index contributed by atoms with van der Waals surface area (Å²) in [6, 6.07) is 7.04. The van der Waals surface area contributed by atoms with E-state index in [9.17, 15) is 24.6 Å². The predicted octanol–water partition coefficient (Wildman–Crippen LogP) is 4.81. The second-order valence-electron chi connectivity index (χ2n) is 10.4. The number of hydrogen-bond acceptors (Lipinski definition) is 8. The lowest BCUT2D eigenvalue weighted by Gasteiger charge is -2.18. The van der Waals surface area contributed by atoms with Crippen LogP contribution in [0.2, 0.25) is 0 Å². The second kappa shape index (κ2) is 16.3. The summed E-state index contributed by atoms with van der Waals surface area (Å²) in [5.74, 6) is -1.99. The van der Waals surface area contributed by atoms with Gasteiger partial charge in [-0.05, 0) is 25.0 Å². The number of imide groups is 1. The Morgan fingerprint density at radius 2 is 1.23 bits per heavy atom. The third-order valence-electron chi connectivity index (χ3n) is 7.37. The van der Waals surface area contributed by atoms with E-state index in [2.05, 4.69) is 0 Å². The summed E-state index contributed by atoms with van der Waals surface area (Å²) in [5.41, 5.74) is 1.05. The fraction of sp³-hybridized carbons (Fsp3) is 0.633. The summed E-state index contributed by atoms with van der Waals surface area (Å²) in [4.78, 5) is 37.6. The number of amides is 2. The minimum absolute atomic E-state index is 0.0945. The minimum atomic E-state index is -1.32. The summed E-state index contributed by atoms with van der Waals surface area (Å²) in [6.45, 7) is 0.223. The van der Waals surface area contributed by atoms with Gasteiger partial charge in [-0.1, -0.05) is 89.2 Å². The van der Waals surface area contributed by atoms with Crippen molar-refractivity contribution in [1.82, 2.24) is 4.90 Å². The fourth-order valence-corrected chi connectivity index (χ4v) is 5.08. The Morgan fingerprint density at radius 1 is 0.769 bits per heavy atom. The number of carbonyl (C=O) groups is 3. The highest BCUT2D eigenvalue weighted by molar-refractivity contribution is 6.21. The van der Waals surface area contributed by atoms with Gasteiger partial charge in [0.15, 0.2) is 11.9 Å². The highest BCUT2D eigenvalue weighted by Gasteiger charge is 2.40. The van der Waals surface area contributed by atoms with Crippen LogP contribution in [0.3, 0.4) is 0 Å². The molecule has 0 radical (unpaired) electrons. The number of esters is 1. The van der Waals surface area contributed by atoms with Crippen molar-refractivity contribution in [3.8, 4) is 0 Å². The first-order chi connectivity index (χ1) is 19.0. The number of rotatable bonds is 20. The monoisotopic (exact) mass is 545 g/mol. The van der Waals surface area contributed by atoms with Crippen LogP contribution in [0.5, 0.6) is 0 Å². The first-order valence-electron chi connectivity index (χ1n) is 14.5. The van der Waals surface area contributed by atoms with Gasteiger partial charge in [-0.2, -0.15) is 0 Å². The molecular weight excluding hydrogens is 502 g/mol. The molecule has 0 saturated heterocycles.